The highest BCUT2D eigenvalue weighted by Crippen LogP contribution is 2.28. The number of rotatable bonds is 3. The van der Waals surface area contributed by atoms with Gasteiger partial charge in [-0.2, -0.15) is 4.31 Å². The van der Waals surface area contributed by atoms with Gasteiger partial charge in [-0.05, 0) is 31.1 Å². The van der Waals surface area contributed by atoms with Gasteiger partial charge in [0.15, 0.2) is 0 Å². The summed E-state index contributed by atoms with van der Waals surface area (Å²) in [7, 11) is -3.52. The van der Waals surface area contributed by atoms with E-state index < -0.39 is 10.0 Å². The number of nitrogens with two attached hydrogens (primary N) is 1. The standard InChI is InChI=1S/C11H20N4O2S2/c1-8(2)9-4-3-6-15(7-5-9)19(16,17)11-14-13-10(12)18-11/h8-9H,3-7H2,1-2H3,(H2,12,13). The van der Waals surface area contributed by atoms with Crippen molar-refractivity contribution < 1.29 is 8.42 Å². The fraction of sp³-hybridized carbons (Fsp3) is 0.818. The number of hydrogen-bond donors (Lipinski definition) is 1. The van der Waals surface area contributed by atoms with E-state index in [1.807, 2.05) is 0 Å². The Balaban J connectivity index is 2.14. The van der Waals surface area contributed by atoms with Crippen LogP contribution in [0.1, 0.15) is 33.1 Å². The third-order valence-corrected chi connectivity index (χ3v) is 6.65. The molecular weight excluding hydrogens is 284 g/mol. The number of nitrogens with zero attached hydrogens (tertiary/aromatic N) is 3. The Morgan fingerprint density at radius 1 is 1.32 bits per heavy atom. The Bertz CT molecular complexity index is 527. The van der Waals surface area contributed by atoms with Crippen LogP contribution in [0.2, 0.25) is 0 Å². The Hall–Kier alpha value is -0.730. The van der Waals surface area contributed by atoms with Crippen molar-refractivity contribution in [3.05, 3.63) is 0 Å². The van der Waals surface area contributed by atoms with Gasteiger partial charge in [0, 0.05) is 13.1 Å². The molecule has 108 valence electrons. The van der Waals surface area contributed by atoms with Gasteiger partial charge in [-0.1, -0.05) is 25.2 Å². The summed E-state index contributed by atoms with van der Waals surface area (Å²) in [4.78, 5) is 0. The van der Waals surface area contributed by atoms with Crippen LogP contribution in [0.25, 0.3) is 0 Å². The molecule has 1 aliphatic heterocycles. The molecule has 8 heteroatoms. The summed E-state index contributed by atoms with van der Waals surface area (Å²) in [6, 6.07) is 0. The van der Waals surface area contributed by atoms with E-state index >= 15 is 0 Å². The lowest BCUT2D eigenvalue weighted by Crippen LogP contribution is -2.32. The summed E-state index contributed by atoms with van der Waals surface area (Å²) in [6.45, 7) is 5.51. The fourth-order valence-corrected chi connectivity index (χ4v) is 4.85. The molecule has 0 aromatic carbocycles. The summed E-state index contributed by atoms with van der Waals surface area (Å²) in [5, 5.41) is 7.43. The lowest BCUT2D eigenvalue weighted by molar-refractivity contribution is 0.340. The Morgan fingerprint density at radius 2 is 2.05 bits per heavy atom. The van der Waals surface area contributed by atoms with E-state index in [1.165, 1.54) is 4.31 Å². The number of nitrogen functional groups attached to an aromatic ring is 1. The van der Waals surface area contributed by atoms with E-state index in [0.717, 1.165) is 30.6 Å². The second-order valence-corrected chi connectivity index (χ2v) is 8.37. The van der Waals surface area contributed by atoms with E-state index in [2.05, 4.69) is 24.0 Å². The zero-order valence-electron chi connectivity index (χ0n) is 11.2. The van der Waals surface area contributed by atoms with Crippen molar-refractivity contribution in [1.82, 2.24) is 14.5 Å². The monoisotopic (exact) mass is 304 g/mol. The maximum absolute atomic E-state index is 12.4. The molecule has 1 saturated heterocycles. The molecule has 2 rings (SSSR count). The Morgan fingerprint density at radius 3 is 2.63 bits per heavy atom. The third kappa shape index (κ3) is 3.24. The van der Waals surface area contributed by atoms with Crippen LogP contribution < -0.4 is 5.73 Å². The molecule has 0 bridgehead atoms. The number of aromatic nitrogens is 2. The van der Waals surface area contributed by atoms with Crippen LogP contribution in [0.15, 0.2) is 4.34 Å². The topological polar surface area (TPSA) is 89.2 Å². The van der Waals surface area contributed by atoms with E-state index in [1.54, 1.807) is 0 Å². The average Bonchev–Trinajstić information content (AvgIpc) is 2.65. The summed E-state index contributed by atoms with van der Waals surface area (Å²) in [5.41, 5.74) is 5.46. The number of sulfonamides is 1. The van der Waals surface area contributed by atoms with Gasteiger partial charge in [0.2, 0.25) is 9.47 Å². The molecule has 1 aromatic heterocycles. The molecule has 6 nitrogen and oxygen atoms in total. The molecule has 1 aromatic rings. The first kappa shape index (κ1) is 14.7. The second-order valence-electron chi connectivity index (χ2n) is 5.25. The fourth-order valence-electron chi connectivity index (χ4n) is 2.44. The van der Waals surface area contributed by atoms with E-state index in [9.17, 15) is 8.42 Å². The molecule has 2 heterocycles. The predicted molar refractivity (Wildman–Crippen MR) is 75.3 cm³/mol. The lowest BCUT2D eigenvalue weighted by atomic mass is 9.89. The highest BCUT2D eigenvalue weighted by molar-refractivity contribution is 7.91. The average molecular weight is 304 g/mol. The Kier molecular flexibility index (Phi) is 4.42. The molecule has 0 aliphatic carbocycles. The number of anilines is 1. The van der Waals surface area contributed by atoms with Crippen LogP contribution >= 0.6 is 11.3 Å². The molecule has 1 unspecified atom stereocenters. The molecule has 0 spiro atoms. The minimum Gasteiger partial charge on any atom is -0.374 e. The molecule has 0 radical (unpaired) electrons. The largest absolute Gasteiger partial charge is 0.374 e. The Labute approximate surface area is 118 Å². The molecule has 1 atom stereocenters. The smallest absolute Gasteiger partial charge is 0.272 e. The van der Waals surface area contributed by atoms with E-state index in [-0.39, 0.29) is 9.47 Å². The van der Waals surface area contributed by atoms with Gasteiger partial charge in [-0.3, -0.25) is 0 Å². The van der Waals surface area contributed by atoms with Crippen molar-refractivity contribution in [2.75, 3.05) is 18.8 Å². The van der Waals surface area contributed by atoms with Gasteiger partial charge < -0.3 is 5.73 Å². The second kappa shape index (κ2) is 5.72. The minimum atomic E-state index is -3.52. The van der Waals surface area contributed by atoms with Crippen LogP contribution in [0.3, 0.4) is 0 Å². The van der Waals surface area contributed by atoms with Crippen molar-refractivity contribution in [2.24, 2.45) is 11.8 Å². The van der Waals surface area contributed by atoms with Gasteiger partial charge in [0.25, 0.3) is 10.0 Å². The van der Waals surface area contributed by atoms with Gasteiger partial charge >= 0.3 is 0 Å². The van der Waals surface area contributed by atoms with E-state index in [4.69, 9.17) is 5.73 Å². The molecule has 1 aliphatic rings. The molecule has 0 amide bonds. The van der Waals surface area contributed by atoms with Crippen molar-refractivity contribution in [1.29, 1.82) is 0 Å². The first-order valence-corrected chi connectivity index (χ1v) is 8.76. The van der Waals surface area contributed by atoms with Crippen LogP contribution in [0.5, 0.6) is 0 Å². The zero-order chi connectivity index (χ0) is 14.0. The molecule has 1 fully saturated rings. The first-order valence-electron chi connectivity index (χ1n) is 6.50. The van der Waals surface area contributed by atoms with Crippen LogP contribution in [0, 0.1) is 11.8 Å². The van der Waals surface area contributed by atoms with Crippen LogP contribution in [-0.4, -0.2) is 36.0 Å². The molecule has 19 heavy (non-hydrogen) atoms. The van der Waals surface area contributed by atoms with Crippen LogP contribution in [0.4, 0.5) is 5.13 Å². The van der Waals surface area contributed by atoms with Gasteiger partial charge in [-0.15, -0.1) is 10.2 Å². The maximum Gasteiger partial charge on any atom is 0.272 e. The highest BCUT2D eigenvalue weighted by Gasteiger charge is 2.31. The highest BCUT2D eigenvalue weighted by atomic mass is 32.2. The summed E-state index contributed by atoms with van der Waals surface area (Å²) in [6.07, 6.45) is 2.89. The van der Waals surface area contributed by atoms with Gasteiger partial charge in [0.05, 0.1) is 0 Å². The van der Waals surface area contributed by atoms with Crippen molar-refractivity contribution in [3.8, 4) is 0 Å². The SMILES string of the molecule is CC(C)C1CCCN(S(=O)(=O)c2nnc(N)s2)CC1. The lowest BCUT2D eigenvalue weighted by Gasteiger charge is -2.19. The maximum atomic E-state index is 12.4. The summed E-state index contributed by atoms with van der Waals surface area (Å²) in [5.74, 6) is 1.19. The van der Waals surface area contributed by atoms with Crippen molar-refractivity contribution in [2.45, 2.75) is 37.4 Å². The molecular formula is C11H20N4O2S2. The van der Waals surface area contributed by atoms with Gasteiger partial charge in [0.1, 0.15) is 0 Å². The van der Waals surface area contributed by atoms with Crippen LogP contribution in [-0.2, 0) is 10.0 Å². The van der Waals surface area contributed by atoms with Gasteiger partial charge in [-0.25, -0.2) is 8.42 Å². The minimum absolute atomic E-state index is 0.00740. The molecule has 2 N–H and O–H groups in total. The molecule has 0 saturated carbocycles. The third-order valence-electron chi connectivity index (χ3n) is 3.66. The zero-order valence-corrected chi connectivity index (χ0v) is 12.9. The van der Waals surface area contributed by atoms with E-state index in [0.29, 0.717) is 24.9 Å². The quantitative estimate of drug-likeness (QED) is 0.915. The predicted octanol–water partition coefficient (Wildman–Crippen LogP) is 1.57. The summed E-state index contributed by atoms with van der Waals surface area (Å²) < 4.78 is 26.3. The normalized spacial score (nSPS) is 22.6. The van der Waals surface area contributed by atoms with Crippen molar-refractivity contribution in [3.63, 3.8) is 0 Å². The van der Waals surface area contributed by atoms with Crippen molar-refractivity contribution >= 4 is 26.5 Å². The number of hydrogen-bond acceptors (Lipinski definition) is 6. The summed E-state index contributed by atoms with van der Waals surface area (Å²) >= 11 is 0.928. The first-order chi connectivity index (χ1) is 8.91.